The van der Waals surface area contributed by atoms with E-state index in [4.69, 9.17) is 18.0 Å². The van der Waals surface area contributed by atoms with Gasteiger partial charge in [-0.05, 0) is 31.5 Å². The average molecular weight is 278 g/mol. The quantitative estimate of drug-likeness (QED) is 0.775. The van der Waals surface area contributed by atoms with Crippen LogP contribution in [0.4, 0.5) is 19.1 Å². The van der Waals surface area contributed by atoms with Crippen molar-refractivity contribution in [3.05, 3.63) is 10.6 Å². The minimum atomic E-state index is -4.14. The van der Waals surface area contributed by atoms with Crippen molar-refractivity contribution < 1.29 is 13.2 Å². The molecule has 18 heavy (non-hydrogen) atoms. The van der Waals surface area contributed by atoms with Crippen LogP contribution < -0.4 is 5.73 Å². The smallest absolute Gasteiger partial charge is 0.369 e. The number of nitrogens with one attached hydrogen (secondary N) is 1. The first-order valence-corrected chi connectivity index (χ1v) is 6.07. The molecule has 1 aliphatic carbocycles. The maximum atomic E-state index is 12.7. The Morgan fingerprint density at radius 1 is 1.28 bits per heavy atom. The van der Waals surface area contributed by atoms with Crippen molar-refractivity contribution in [1.82, 2.24) is 15.0 Å². The third-order valence-corrected chi connectivity index (χ3v) is 3.39. The maximum absolute atomic E-state index is 12.7. The number of aromatic amines is 1. The highest BCUT2D eigenvalue weighted by Gasteiger charge is 2.42. The van der Waals surface area contributed by atoms with Crippen LogP contribution in [0.1, 0.15) is 37.4 Å². The summed E-state index contributed by atoms with van der Waals surface area (Å²) in [5.74, 6) is -1.03. The van der Waals surface area contributed by atoms with E-state index in [1.165, 1.54) is 0 Å². The molecule has 2 rings (SSSR count). The number of alkyl halides is 3. The summed E-state index contributed by atoms with van der Waals surface area (Å²) in [6.45, 7) is 0. The number of nitrogens with zero attached hydrogens (tertiary/aromatic N) is 2. The summed E-state index contributed by atoms with van der Waals surface area (Å²) in [4.78, 5) is 10.4. The molecule has 1 saturated carbocycles. The van der Waals surface area contributed by atoms with Crippen LogP contribution in [0.3, 0.4) is 0 Å². The molecule has 1 aliphatic rings. The second kappa shape index (κ2) is 4.83. The van der Waals surface area contributed by atoms with Gasteiger partial charge in [0.1, 0.15) is 5.82 Å². The van der Waals surface area contributed by atoms with Gasteiger partial charge < -0.3 is 10.7 Å². The van der Waals surface area contributed by atoms with Gasteiger partial charge in [0.25, 0.3) is 0 Å². The maximum Gasteiger partial charge on any atom is 0.391 e. The molecule has 1 fully saturated rings. The molecule has 1 aromatic rings. The molecular formula is C10H13F3N4S. The highest BCUT2D eigenvalue weighted by molar-refractivity contribution is 7.71. The number of hydrogen-bond donors (Lipinski definition) is 2. The highest BCUT2D eigenvalue weighted by Crippen LogP contribution is 2.42. The first-order valence-electron chi connectivity index (χ1n) is 5.66. The third-order valence-electron chi connectivity index (χ3n) is 3.21. The van der Waals surface area contributed by atoms with Gasteiger partial charge in [-0.2, -0.15) is 18.2 Å². The molecule has 0 saturated heterocycles. The van der Waals surface area contributed by atoms with Gasteiger partial charge >= 0.3 is 6.18 Å². The molecule has 2 unspecified atom stereocenters. The van der Waals surface area contributed by atoms with Crippen molar-refractivity contribution in [3.8, 4) is 0 Å². The van der Waals surface area contributed by atoms with Crippen molar-refractivity contribution in [2.75, 3.05) is 5.73 Å². The fourth-order valence-electron chi connectivity index (χ4n) is 2.35. The van der Waals surface area contributed by atoms with Gasteiger partial charge in [-0.3, -0.25) is 0 Å². The summed E-state index contributed by atoms with van der Waals surface area (Å²) in [6.07, 6.45) is -2.74. The van der Waals surface area contributed by atoms with Crippen LogP contribution in [-0.4, -0.2) is 21.1 Å². The van der Waals surface area contributed by atoms with Gasteiger partial charge in [-0.1, -0.05) is 6.42 Å². The van der Waals surface area contributed by atoms with Crippen LogP contribution in [-0.2, 0) is 0 Å². The number of anilines is 1. The van der Waals surface area contributed by atoms with Crippen molar-refractivity contribution in [2.24, 2.45) is 5.92 Å². The Morgan fingerprint density at radius 3 is 2.61 bits per heavy atom. The molecule has 0 bridgehead atoms. The second-order valence-electron chi connectivity index (χ2n) is 4.50. The molecule has 0 spiro atoms. The summed E-state index contributed by atoms with van der Waals surface area (Å²) >= 11 is 4.81. The molecule has 0 amide bonds. The molecule has 1 heterocycles. The zero-order valence-corrected chi connectivity index (χ0v) is 10.3. The molecular weight excluding hydrogens is 265 g/mol. The van der Waals surface area contributed by atoms with Crippen LogP contribution in [0.25, 0.3) is 0 Å². The van der Waals surface area contributed by atoms with E-state index in [0.717, 1.165) is 0 Å². The predicted octanol–water partition coefficient (Wildman–Crippen LogP) is 2.95. The minimum Gasteiger partial charge on any atom is -0.369 e. The molecule has 4 nitrogen and oxygen atoms in total. The zero-order chi connectivity index (χ0) is 13.3. The van der Waals surface area contributed by atoms with Crippen LogP contribution in [0.15, 0.2) is 0 Å². The molecule has 0 radical (unpaired) electrons. The van der Waals surface area contributed by atoms with Crippen LogP contribution in [0.2, 0.25) is 0 Å². The van der Waals surface area contributed by atoms with Crippen molar-refractivity contribution in [3.63, 3.8) is 0 Å². The number of hydrogen-bond acceptors (Lipinski definition) is 4. The SMILES string of the molecule is Nc1nc(=S)nc(C2CCCC(C(F)(F)F)C2)[nH]1. The van der Waals surface area contributed by atoms with E-state index in [0.29, 0.717) is 18.7 Å². The van der Waals surface area contributed by atoms with Gasteiger partial charge in [-0.25, -0.2) is 4.98 Å². The van der Waals surface area contributed by atoms with Crippen molar-refractivity contribution in [2.45, 2.75) is 37.8 Å². The van der Waals surface area contributed by atoms with E-state index < -0.39 is 12.1 Å². The van der Waals surface area contributed by atoms with Gasteiger partial charge in [-0.15, -0.1) is 0 Å². The molecule has 8 heteroatoms. The lowest BCUT2D eigenvalue weighted by molar-refractivity contribution is -0.183. The topological polar surface area (TPSA) is 67.6 Å². The van der Waals surface area contributed by atoms with Crippen LogP contribution in [0.5, 0.6) is 0 Å². The van der Waals surface area contributed by atoms with Crippen molar-refractivity contribution >= 4 is 18.2 Å². The summed E-state index contributed by atoms with van der Waals surface area (Å²) in [7, 11) is 0. The first-order chi connectivity index (χ1) is 8.36. The molecule has 3 N–H and O–H groups in total. The van der Waals surface area contributed by atoms with Gasteiger partial charge in [0.2, 0.25) is 10.7 Å². The lowest BCUT2D eigenvalue weighted by Crippen LogP contribution is -2.28. The average Bonchev–Trinajstić information content (AvgIpc) is 2.27. The number of H-pyrrole nitrogens is 1. The summed E-state index contributed by atoms with van der Waals surface area (Å²) in [6, 6.07) is 0. The van der Waals surface area contributed by atoms with Gasteiger partial charge in [0.15, 0.2) is 0 Å². The standard InChI is InChI=1S/C10H13F3N4S/c11-10(12,13)6-3-1-2-5(4-6)7-15-8(14)17-9(18)16-7/h5-6H,1-4H2,(H3,14,15,16,17,18). The van der Waals surface area contributed by atoms with E-state index in [9.17, 15) is 13.2 Å². The molecule has 0 aromatic carbocycles. The minimum absolute atomic E-state index is 0.0330. The summed E-state index contributed by atoms with van der Waals surface area (Å²) in [5, 5.41) is 0. The Balaban J connectivity index is 2.20. The molecule has 100 valence electrons. The number of rotatable bonds is 1. The van der Waals surface area contributed by atoms with Crippen LogP contribution >= 0.6 is 12.2 Å². The van der Waals surface area contributed by atoms with E-state index in [1.807, 2.05) is 0 Å². The fraction of sp³-hybridized carbons (Fsp3) is 0.700. The van der Waals surface area contributed by atoms with E-state index >= 15 is 0 Å². The van der Waals surface area contributed by atoms with Crippen molar-refractivity contribution in [1.29, 1.82) is 0 Å². The summed E-state index contributed by atoms with van der Waals surface area (Å²) in [5.41, 5.74) is 5.49. The lowest BCUT2D eigenvalue weighted by atomic mass is 9.80. The molecule has 2 atom stereocenters. The number of halogens is 3. The summed E-state index contributed by atoms with van der Waals surface area (Å²) < 4.78 is 38.2. The number of nitrogens with two attached hydrogens (primary N) is 1. The third kappa shape index (κ3) is 2.98. The van der Waals surface area contributed by atoms with E-state index in [2.05, 4.69) is 15.0 Å². The Hall–Kier alpha value is -1.18. The first kappa shape index (κ1) is 13.3. The van der Waals surface area contributed by atoms with Gasteiger partial charge in [0, 0.05) is 5.92 Å². The lowest BCUT2D eigenvalue weighted by Gasteiger charge is -2.29. The Kier molecular flexibility index (Phi) is 3.56. The fourth-order valence-corrected chi connectivity index (χ4v) is 2.54. The van der Waals surface area contributed by atoms with E-state index in [-0.39, 0.29) is 29.5 Å². The monoisotopic (exact) mass is 278 g/mol. The van der Waals surface area contributed by atoms with Gasteiger partial charge in [0.05, 0.1) is 5.92 Å². The predicted molar refractivity (Wildman–Crippen MR) is 62.4 cm³/mol. The Bertz CT molecular complexity index is 485. The number of nitrogen functional groups attached to an aromatic ring is 1. The Morgan fingerprint density at radius 2 is 2.00 bits per heavy atom. The molecule has 1 aromatic heterocycles. The normalized spacial score (nSPS) is 25.1. The Labute approximate surface area is 107 Å². The highest BCUT2D eigenvalue weighted by atomic mass is 32.1. The zero-order valence-electron chi connectivity index (χ0n) is 9.50. The largest absolute Gasteiger partial charge is 0.391 e. The second-order valence-corrected chi connectivity index (χ2v) is 4.87. The van der Waals surface area contributed by atoms with E-state index in [1.54, 1.807) is 0 Å². The van der Waals surface area contributed by atoms with Crippen LogP contribution in [0, 0.1) is 10.7 Å². The number of aromatic nitrogens is 3. The molecule has 0 aliphatic heterocycles.